The zero-order chi connectivity index (χ0) is 18.1. The van der Waals surface area contributed by atoms with Gasteiger partial charge in [-0.15, -0.1) is 0 Å². The Hall–Kier alpha value is -1.69. The number of nitrogens with one attached hydrogen (secondary N) is 2. The minimum atomic E-state index is 0.0180. The Morgan fingerprint density at radius 2 is 2.12 bits per heavy atom. The van der Waals surface area contributed by atoms with Gasteiger partial charge in [0.25, 0.3) is 0 Å². The smallest absolute Gasteiger partial charge is 0.237 e. The van der Waals surface area contributed by atoms with Crippen molar-refractivity contribution in [3.63, 3.8) is 0 Å². The highest BCUT2D eigenvalue weighted by molar-refractivity contribution is 5.81. The first-order chi connectivity index (χ1) is 12.1. The van der Waals surface area contributed by atoms with Crippen LogP contribution < -0.4 is 10.6 Å². The van der Waals surface area contributed by atoms with Gasteiger partial charge in [0, 0.05) is 31.3 Å². The number of amides is 1. The highest BCUT2D eigenvalue weighted by Crippen LogP contribution is 2.15. The molecule has 0 unspecified atom stereocenters. The van der Waals surface area contributed by atoms with Crippen LogP contribution in [0.3, 0.4) is 0 Å². The lowest BCUT2D eigenvalue weighted by atomic mass is 10.1. The highest BCUT2D eigenvalue weighted by atomic mass is 16.2. The van der Waals surface area contributed by atoms with Crippen LogP contribution in [0.15, 0.2) is 6.07 Å². The lowest BCUT2D eigenvalue weighted by Gasteiger charge is -2.24. The molecule has 1 atom stereocenters. The number of hydrogen-bond acceptors (Lipinski definition) is 5. The Morgan fingerprint density at radius 1 is 1.28 bits per heavy atom. The molecule has 1 aromatic rings. The van der Waals surface area contributed by atoms with E-state index in [1.807, 2.05) is 13.0 Å². The number of carbonyl (C=O) groups excluding carboxylic acids is 1. The molecule has 1 aromatic heterocycles. The highest BCUT2D eigenvalue weighted by Gasteiger charge is 2.24. The molecule has 1 amide bonds. The Kier molecular flexibility index (Phi) is 8.12. The zero-order valence-corrected chi connectivity index (χ0v) is 16.0. The Balaban J connectivity index is 1.76. The number of hydrogen-bond donors (Lipinski definition) is 2. The quantitative estimate of drug-likeness (QED) is 0.707. The van der Waals surface area contributed by atoms with Crippen LogP contribution in [-0.4, -0.2) is 53.5 Å². The normalized spacial score (nSPS) is 18.6. The average Bonchev–Trinajstić information content (AvgIpc) is 2.81. The maximum atomic E-state index is 12.4. The van der Waals surface area contributed by atoms with Gasteiger partial charge in [-0.25, -0.2) is 9.97 Å². The van der Waals surface area contributed by atoms with Gasteiger partial charge in [0.05, 0.1) is 6.04 Å². The lowest BCUT2D eigenvalue weighted by molar-refractivity contribution is -0.125. The second-order valence-electron chi connectivity index (χ2n) is 6.98. The van der Waals surface area contributed by atoms with Gasteiger partial charge in [-0.2, -0.15) is 0 Å². The van der Waals surface area contributed by atoms with Crippen molar-refractivity contribution in [1.29, 1.82) is 0 Å². The number of carbonyl (C=O) groups is 1. The summed E-state index contributed by atoms with van der Waals surface area (Å²) in [5, 5.41) is 6.36. The third-order valence-electron chi connectivity index (χ3n) is 4.71. The van der Waals surface area contributed by atoms with E-state index in [-0.39, 0.29) is 11.9 Å². The summed E-state index contributed by atoms with van der Waals surface area (Å²) in [6.45, 7) is 6.45. The molecule has 1 fully saturated rings. The minimum Gasteiger partial charge on any atom is -0.368 e. The van der Waals surface area contributed by atoms with Crippen molar-refractivity contribution < 1.29 is 4.79 Å². The van der Waals surface area contributed by atoms with Gasteiger partial charge in [0.2, 0.25) is 5.91 Å². The van der Waals surface area contributed by atoms with Crippen molar-refractivity contribution in [3.05, 3.63) is 17.6 Å². The van der Waals surface area contributed by atoms with Crippen LogP contribution in [0.25, 0.3) is 0 Å². The fourth-order valence-electron chi connectivity index (χ4n) is 3.24. The number of likely N-dealkylation sites (N-methyl/N-ethyl adjacent to an activating group) is 1. The van der Waals surface area contributed by atoms with Crippen molar-refractivity contribution in [1.82, 2.24) is 20.2 Å². The van der Waals surface area contributed by atoms with E-state index >= 15 is 0 Å². The van der Waals surface area contributed by atoms with E-state index in [9.17, 15) is 4.79 Å². The molecule has 0 aliphatic carbocycles. The molecule has 1 saturated heterocycles. The van der Waals surface area contributed by atoms with Crippen molar-refractivity contribution in [3.8, 4) is 0 Å². The van der Waals surface area contributed by atoms with Crippen LogP contribution in [0, 0.1) is 6.92 Å². The molecule has 2 heterocycles. The minimum absolute atomic E-state index is 0.0180. The first kappa shape index (κ1) is 19.6. The summed E-state index contributed by atoms with van der Waals surface area (Å²) in [6, 6.07) is 1.97. The number of anilines is 1. The van der Waals surface area contributed by atoms with Crippen molar-refractivity contribution >= 4 is 11.7 Å². The maximum absolute atomic E-state index is 12.4. The Bertz CT molecular complexity index is 549. The number of rotatable bonds is 8. The lowest BCUT2D eigenvalue weighted by Crippen LogP contribution is -2.45. The predicted octanol–water partition coefficient (Wildman–Crippen LogP) is 2.53. The fraction of sp³-hybridized carbons (Fsp3) is 0.737. The maximum Gasteiger partial charge on any atom is 0.237 e. The number of aromatic nitrogens is 2. The van der Waals surface area contributed by atoms with E-state index < -0.39 is 0 Å². The van der Waals surface area contributed by atoms with Crippen LogP contribution in [0.2, 0.25) is 0 Å². The van der Waals surface area contributed by atoms with E-state index in [0.29, 0.717) is 13.1 Å². The molecule has 2 N–H and O–H groups in total. The summed E-state index contributed by atoms with van der Waals surface area (Å²) < 4.78 is 0. The molecule has 6 nitrogen and oxygen atoms in total. The third kappa shape index (κ3) is 6.61. The van der Waals surface area contributed by atoms with Crippen LogP contribution in [-0.2, 0) is 11.2 Å². The van der Waals surface area contributed by atoms with E-state index in [1.54, 1.807) is 0 Å². The average molecular weight is 348 g/mol. The summed E-state index contributed by atoms with van der Waals surface area (Å²) in [6.07, 6.45) is 7.68. The molecule has 0 spiro atoms. The molecular weight excluding hydrogens is 314 g/mol. The largest absolute Gasteiger partial charge is 0.368 e. The Morgan fingerprint density at radius 3 is 2.92 bits per heavy atom. The van der Waals surface area contributed by atoms with Gasteiger partial charge in [0.1, 0.15) is 11.6 Å². The van der Waals surface area contributed by atoms with Gasteiger partial charge in [-0.1, -0.05) is 26.2 Å². The van der Waals surface area contributed by atoms with Crippen LogP contribution in [0.5, 0.6) is 0 Å². The van der Waals surface area contributed by atoms with E-state index in [0.717, 1.165) is 56.0 Å². The summed E-state index contributed by atoms with van der Waals surface area (Å²) in [5.41, 5.74) is 0.979. The summed E-state index contributed by atoms with van der Waals surface area (Å²) in [5.74, 6) is 1.89. The molecule has 0 bridgehead atoms. The summed E-state index contributed by atoms with van der Waals surface area (Å²) >= 11 is 0. The molecule has 0 radical (unpaired) electrons. The zero-order valence-electron chi connectivity index (χ0n) is 16.0. The van der Waals surface area contributed by atoms with Crippen molar-refractivity contribution in [2.24, 2.45) is 0 Å². The summed E-state index contributed by atoms with van der Waals surface area (Å²) in [7, 11) is 2.05. The van der Waals surface area contributed by atoms with Gasteiger partial charge in [-0.3, -0.25) is 9.69 Å². The van der Waals surface area contributed by atoms with Crippen molar-refractivity contribution in [2.45, 2.75) is 64.8 Å². The molecule has 1 aliphatic rings. The standard InChI is InChI=1S/C19H33N5O/c1-4-5-10-17-22-15(2)14-18(23-17)20-11-12-21-19(25)16-9-7-6-8-13-24(16)3/h14,16H,4-13H2,1-3H3,(H,21,25)(H,20,22,23)/t16-/m1/s1. The molecule has 6 heteroatoms. The predicted molar refractivity (Wildman–Crippen MR) is 102 cm³/mol. The second-order valence-corrected chi connectivity index (χ2v) is 6.98. The van der Waals surface area contributed by atoms with E-state index in [1.165, 1.54) is 12.8 Å². The second kappa shape index (κ2) is 10.3. The van der Waals surface area contributed by atoms with Gasteiger partial charge in [-0.05, 0) is 39.8 Å². The molecule has 140 valence electrons. The first-order valence-corrected chi connectivity index (χ1v) is 9.66. The topological polar surface area (TPSA) is 70.2 Å². The molecular formula is C19H33N5O. The number of aryl methyl sites for hydroxylation is 2. The van der Waals surface area contributed by atoms with E-state index in [2.05, 4.69) is 39.5 Å². The monoisotopic (exact) mass is 347 g/mol. The molecule has 25 heavy (non-hydrogen) atoms. The number of nitrogens with zero attached hydrogens (tertiary/aromatic N) is 3. The molecule has 0 aromatic carbocycles. The van der Waals surface area contributed by atoms with Crippen LogP contribution >= 0.6 is 0 Å². The summed E-state index contributed by atoms with van der Waals surface area (Å²) in [4.78, 5) is 23.6. The first-order valence-electron chi connectivity index (χ1n) is 9.66. The molecule has 2 rings (SSSR count). The third-order valence-corrected chi connectivity index (χ3v) is 4.71. The van der Waals surface area contributed by atoms with Gasteiger partial charge >= 0.3 is 0 Å². The van der Waals surface area contributed by atoms with Crippen molar-refractivity contribution in [2.75, 3.05) is 32.0 Å². The van der Waals surface area contributed by atoms with E-state index in [4.69, 9.17) is 0 Å². The fourth-order valence-corrected chi connectivity index (χ4v) is 3.24. The molecule has 1 aliphatic heterocycles. The number of likely N-dealkylation sites (tertiary alicyclic amines) is 1. The van der Waals surface area contributed by atoms with Gasteiger partial charge in [0.15, 0.2) is 0 Å². The SMILES string of the molecule is CCCCc1nc(C)cc(NCCNC(=O)[C@H]2CCCCCN2C)n1. The molecule has 0 saturated carbocycles. The number of unbranched alkanes of at least 4 members (excludes halogenated alkanes) is 1. The Labute approximate surface area is 151 Å². The van der Waals surface area contributed by atoms with Crippen LogP contribution in [0.4, 0.5) is 5.82 Å². The van der Waals surface area contributed by atoms with Crippen LogP contribution in [0.1, 0.15) is 57.0 Å². The van der Waals surface area contributed by atoms with Gasteiger partial charge < -0.3 is 10.6 Å².